The zero-order valence-electron chi connectivity index (χ0n) is 11.1. The number of benzene rings is 1. The van der Waals surface area contributed by atoms with Crippen molar-refractivity contribution in [3.63, 3.8) is 0 Å². The molecule has 1 aromatic carbocycles. The Labute approximate surface area is 116 Å². The molecule has 108 valence electrons. The van der Waals surface area contributed by atoms with Crippen LogP contribution in [0.25, 0.3) is 0 Å². The molecule has 0 aromatic heterocycles. The molecule has 3 rings (SSSR count). The summed E-state index contributed by atoms with van der Waals surface area (Å²) in [5.74, 6) is 1.01. The molecule has 1 aromatic rings. The van der Waals surface area contributed by atoms with Crippen LogP contribution in [0.2, 0.25) is 0 Å². The van der Waals surface area contributed by atoms with E-state index in [0.29, 0.717) is 36.9 Å². The van der Waals surface area contributed by atoms with Gasteiger partial charge in [-0.15, -0.1) is 0 Å². The number of fused-ring (bicyclic) bond motifs is 1. The zero-order chi connectivity index (χ0) is 14.1. The molecule has 1 atom stereocenters. The third-order valence-electron chi connectivity index (χ3n) is 3.79. The molecule has 1 unspecified atom stereocenters. The van der Waals surface area contributed by atoms with E-state index in [9.17, 15) is 10.1 Å². The van der Waals surface area contributed by atoms with Crippen molar-refractivity contribution in [3.05, 3.63) is 22.2 Å². The SMILES string of the molecule is NCC1CCCN1c1cc2c(cc1[N+](=O)[O-])OCCO2. The van der Waals surface area contributed by atoms with Gasteiger partial charge in [-0.25, -0.2) is 0 Å². The molecule has 2 aliphatic heterocycles. The standard InChI is InChI=1S/C13H17N3O4/c14-8-9-2-1-3-15(9)10-6-12-13(20-5-4-19-12)7-11(10)16(17)18/h6-7,9H,1-5,8,14H2. The lowest BCUT2D eigenvalue weighted by molar-refractivity contribution is -0.384. The second-order valence-corrected chi connectivity index (χ2v) is 4.97. The van der Waals surface area contributed by atoms with Gasteiger partial charge in [0.2, 0.25) is 0 Å². The van der Waals surface area contributed by atoms with Gasteiger partial charge in [0, 0.05) is 25.2 Å². The third kappa shape index (κ3) is 2.14. The quantitative estimate of drug-likeness (QED) is 0.662. The Kier molecular flexibility index (Phi) is 3.35. The van der Waals surface area contributed by atoms with Crippen LogP contribution < -0.4 is 20.1 Å². The highest BCUT2D eigenvalue weighted by molar-refractivity contribution is 5.70. The minimum absolute atomic E-state index is 0.0506. The average Bonchev–Trinajstić information content (AvgIpc) is 2.94. The topological polar surface area (TPSA) is 90.9 Å². The molecule has 0 spiro atoms. The summed E-state index contributed by atoms with van der Waals surface area (Å²) in [4.78, 5) is 12.9. The largest absolute Gasteiger partial charge is 0.486 e. The number of ether oxygens (including phenoxy) is 2. The molecule has 20 heavy (non-hydrogen) atoms. The summed E-state index contributed by atoms with van der Waals surface area (Å²) in [6.07, 6.45) is 1.95. The van der Waals surface area contributed by atoms with Gasteiger partial charge in [-0.05, 0) is 12.8 Å². The smallest absolute Gasteiger partial charge is 0.296 e. The minimum Gasteiger partial charge on any atom is -0.486 e. The summed E-state index contributed by atoms with van der Waals surface area (Å²) < 4.78 is 10.9. The van der Waals surface area contributed by atoms with Gasteiger partial charge < -0.3 is 20.1 Å². The molecule has 0 bridgehead atoms. The Morgan fingerprint density at radius 3 is 2.70 bits per heavy atom. The van der Waals surface area contributed by atoms with Gasteiger partial charge >= 0.3 is 0 Å². The first-order valence-electron chi connectivity index (χ1n) is 6.75. The molecule has 2 heterocycles. The molecule has 0 radical (unpaired) electrons. The van der Waals surface area contributed by atoms with Crippen molar-refractivity contribution in [2.24, 2.45) is 5.73 Å². The van der Waals surface area contributed by atoms with Crippen LogP contribution in [-0.2, 0) is 0 Å². The first-order chi connectivity index (χ1) is 9.70. The Bertz CT molecular complexity index is 535. The lowest BCUT2D eigenvalue weighted by Crippen LogP contribution is -2.35. The Hall–Kier alpha value is -2.02. The summed E-state index contributed by atoms with van der Waals surface area (Å²) in [5.41, 5.74) is 6.38. The number of nitro benzene ring substituents is 1. The van der Waals surface area contributed by atoms with Gasteiger partial charge in [-0.2, -0.15) is 0 Å². The summed E-state index contributed by atoms with van der Waals surface area (Å²) in [7, 11) is 0. The lowest BCUT2D eigenvalue weighted by Gasteiger charge is -2.27. The Morgan fingerprint density at radius 1 is 1.35 bits per heavy atom. The molecule has 0 saturated carbocycles. The third-order valence-corrected chi connectivity index (χ3v) is 3.79. The van der Waals surface area contributed by atoms with Gasteiger partial charge in [-0.3, -0.25) is 10.1 Å². The fourth-order valence-corrected chi connectivity index (χ4v) is 2.84. The maximum absolute atomic E-state index is 11.3. The van der Waals surface area contributed by atoms with E-state index in [1.54, 1.807) is 6.07 Å². The van der Waals surface area contributed by atoms with Crippen molar-refractivity contribution in [2.75, 3.05) is 31.2 Å². The second kappa shape index (κ2) is 5.16. The summed E-state index contributed by atoms with van der Waals surface area (Å²) >= 11 is 0. The van der Waals surface area contributed by atoms with Gasteiger partial charge in [0.15, 0.2) is 11.5 Å². The van der Waals surface area contributed by atoms with E-state index in [0.717, 1.165) is 19.4 Å². The fraction of sp³-hybridized carbons (Fsp3) is 0.538. The highest BCUT2D eigenvalue weighted by Gasteiger charge is 2.31. The van der Waals surface area contributed by atoms with Crippen molar-refractivity contribution in [1.82, 2.24) is 0 Å². The molecule has 7 heteroatoms. The highest BCUT2D eigenvalue weighted by atomic mass is 16.6. The van der Waals surface area contributed by atoms with Gasteiger partial charge in [0.1, 0.15) is 18.9 Å². The van der Waals surface area contributed by atoms with Crippen molar-refractivity contribution >= 4 is 11.4 Å². The van der Waals surface area contributed by atoms with Crippen molar-refractivity contribution in [3.8, 4) is 11.5 Å². The van der Waals surface area contributed by atoms with E-state index in [1.807, 2.05) is 4.90 Å². The highest BCUT2D eigenvalue weighted by Crippen LogP contribution is 2.42. The van der Waals surface area contributed by atoms with E-state index < -0.39 is 0 Å². The number of anilines is 1. The number of nitrogens with two attached hydrogens (primary N) is 1. The van der Waals surface area contributed by atoms with Crippen LogP contribution >= 0.6 is 0 Å². The number of nitro groups is 1. The van der Waals surface area contributed by atoms with Crippen LogP contribution in [0.15, 0.2) is 12.1 Å². The van der Waals surface area contributed by atoms with Crippen LogP contribution in [0.1, 0.15) is 12.8 Å². The molecular formula is C13H17N3O4. The van der Waals surface area contributed by atoms with E-state index in [4.69, 9.17) is 15.2 Å². The molecule has 2 N–H and O–H groups in total. The van der Waals surface area contributed by atoms with Gasteiger partial charge in [0.25, 0.3) is 5.69 Å². The molecule has 0 aliphatic carbocycles. The van der Waals surface area contributed by atoms with E-state index in [1.165, 1.54) is 6.07 Å². The summed E-state index contributed by atoms with van der Waals surface area (Å²) in [6, 6.07) is 3.31. The van der Waals surface area contributed by atoms with Crippen LogP contribution in [0.3, 0.4) is 0 Å². The average molecular weight is 279 g/mol. The number of hydrogen-bond acceptors (Lipinski definition) is 6. The molecule has 2 aliphatic rings. The fourth-order valence-electron chi connectivity index (χ4n) is 2.84. The van der Waals surface area contributed by atoms with E-state index in [-0.39, 0.29) is 16.7 Å². The van der Waals surface area contributed by atoms with Crippen molar-refractivity contribution in [2.45, 2.75) is 18.9 Å². The number of nitrogens with zero attached hydrogens (tertiary/aromatic N) is 2. The number of hydrogen-bond donors (Lipinski definition) is 1. The minimum atomic E-state index is -0.376. The molecule has 1 saturated heterocycles. The van der Waals surface area contributed by atoms with Crippen LogP contribution in [0.5, 0.6) is 11.5 Å². The summed E-state index contributed by atoms with van der Waals surface area (Å²) in [6.45, 7) is 2.15. The predicted molar refractivity (Wildman–Crippen MR) is 73.5 cm³/mol. The lowest BCUT2D eigenvalue weighted by atomic mass is 10.1. The maximum Gasteiger partial charge on any atom is 0.296 e. The van der Waals surface area contributed by atoms with Crippen LogP contribution in [0, 0.1) is 10.1 Å². The van der Waals surface area contributed by atoms with E-state index in [2.05, 4.69) is 0 Å². The maximum atomic E-state index is 11.3. The monoisotopic (exact) mass is 279 g/mol. The van der Waals surface area contributed by atoms with Crippen LogP contribution in [0.4, 0.5) is 11.4 Å². The Balaban J connectivity index is 2.05. The first kappa shape index (κ1) is 13.0. The van der Waals surface area contributed by atoms with Gasteiger partial charge in [0.05, 0.1) is 11.0 Å². The van der Waals surface area contributed by atoms with Crippen molar-refractivity contribution in [1.29, 1.82) is 0 Å². The van der Waals surface area contributed by atoms with Crippen LogP contribution in [-0.4, -0.2) is 37.3 Å². The van der Waals surface area contributed by atoms with Gasteiger partial charge in [-0.1, -0.05) is 0 Å². The molecule has 0 amide bonds. The second-order valence-electron chi connectivity index (χ2n) is 4.97. The predicted octanol–water partition coefficient (Wildman–Crippen LogP) is 1.29. The summed E-state index contributed by atoms with van der Waals surface area (Å²) in [5, 5.41) is 11.3. The normalized spacial score (nSPS) is 21.1. The van der Waals surface area contributed by atoms with E-state index >= 15 is 0 Å². The zero-order valence-corrected chi connectivity index (χ0v) is 11.1. The number of rotatable bonds is 3. The first-order valence-corrected chi connectivity index (χ1v) is 6.75. The molecular weight excluding hydrogens is 262 g/mol. The molecule has 1 fully saturated rings. The van der Waals surface area contributed by atoms with Crippen molar-refractivity contribution < 1.29 is 14.4 Å². The molecule has 7 nitrogen and oxygen atoms in total. The Morgan fingerprint density at radius 2 is 2.05 bits per heavy atom.